The molecule has 0 aliphatic carbocycles. The second-order valence-electron chi connectivity index (χ2n) is 8.27. The van der Waals surface area contributed by atoms with Crippen LogP contribution in [-0.4, -0.2) is 36.2 Å². The van der Waals surface area contributed by atoms with Crippen molar-refractivity contribution in [3.8, 4) is 0 Å². The van der Waals surface area contributed by atoms with E-state index in [1.807, 2.05) is 37.3 Å². The molecule has 0 radical (unpaired) electrons. The molecule has 0 saturated heterocycles. The molecule has 31 heavy (non-hydrogen) atoms. The Morgan fingerprint density at radius 1 is 0.968 bits per heavy atom. The zero-order chi connectivity index (χ0) is 22.9. The second kappa shape index (κ2) is 11.2. The molecule has 2 rings (SSSR count). The van der Waals surface area contributed by atoms with Gasteiger partial charge in [0, 0.05) is 11.7 Å². The molecule has 1 atom stereocenters. The highest BCUT2D eigenvalue weighted by Crippen LogP contribution is 2.13. The number of amides is 2. The second-order valence-corrected chi connectivity index (χ2v) is 8.27. The number of hydrogen-bond acceptors (Lipinski definition) is 5. The molecule has 2 amide bonds. The smallest absolute Gasteiger partial charge is 0.412 e. The molecule has 7 heteroatoms. The van der Waals surface area contributed by atoms with Crippen LogP contribution in [0.25, 0.3) is 0 Å². The van der Waals surface area contributed by atoms with Crippen LogP contribution < -0.4 is 10.6 Å². The van der Waals surface area contributed by atoms with Crippen molar-refractivity contribution >= 4 is 23.7 Å². The summed E-state index contributed by atoms with van der Waals surface area (Å²) in [5, 5.41) is 5.41. The highest BCUT2D eigenvalue weighted by Gasteiger charge is 2.17. The lowest BCUT2D eigenvalue weighted by Crippen LogP contribution is -2.36. The number of carbonyl (C=O) groups excluding carboxylic acids is 3. The fourth-order valence-electron chi connectivity index (χ4n) is 2.74. The van der Waals surface area contributed by atoms with Crippen molar-refractivity contribution in [2.24, 2.45) is 0 Å². The van der Waals surface area contributed by atoms with E-state index in [0.717, 1.165) is 12.8 Å². The molecular formula is C24H30N2O5. The third-order valence-corrected chi connectivity index (χ3v) is 4.22. The van der Waals surface area contributed by atoms with Gasteiger partial charge in [0.25, 0.3) is 5.91 Å². The Morgan fingerprint density at radius 3 is 2.23 bits per heavy atom. The first-order valence-corrected chi connectivity index (χ1v) is 10.2. The zero-order valence-corrected chi connectivity index (χ0v) is 18.4. The van der Waals surface area contributed by atoms with Crippen molar-refractivity contribution in [1.82, 2.24) is 5.32 Å². The lowest BCUT2D eigenvalue weighted by molar-refractivity contribution is -0.124. The van der Waals surface area contributed by atoms with Gasteiger partial charge in [-0.1, -0.05) is 30.3 Å². The third kappa shape index (κ3) is 9.33. The van der Waals surface area contributed by atoms with Crippen LogP contribution >= 0.6 is 0 Å². The molecule has 0 unspecified atom stereocenters. The first-order chi connectivity index (χ1) is 14.6. The monoisotopic (exact) mass is 426 g/mol. The van der Waals surface area contributed by atoms with Crippen molar-refractivity contribution in [1.29, 1.82) is 0 Å². The van der Waals surface area contributed by atoms with Gasteiger partial charge >= 0.3 is 12.1 Å². The number of benzene rings is 2. The van der Waals surface area contributed by atoms with Gasteiger partial charge in [-0.05, 0) is 70.4 Å². The van der Waals surface area contributed by atoms with Crippen molar-refractivity contribution in [3.05, 3.63) is 65.7 Å². The number of ether oxygens (including phenoxy) is 2. The Labute approximate surface area is 183 Å². The van der Waals surface area contributed by atoms with E-state index in [9.17, 15) is 14.4 Å². The average molecular weight is 427 g/mol. The van der Waals surface area contributed by atoms with Crippen LogP contribution in [0, 0.1) is 0 Å². The van der Waals surface area contributed by atoms with Crippen molar-refractivity contribution in [3.63, 3.8) is 0 Å². The first kappa shape index (κ1) is 23.9. The van der Waals surface area contributed by atoms with E-state index in [0.29, 0.717) is 5.69 Å². The number of hydrogen-bond donors (Lipinski definition) is 2. The van der Waals surface area contributed by atoms with Crippen LogP contribution in [0.4, 0.5) is 10.5 Å². The molecule has 0 fully saturated rings. The van der Waals surface area contributed by atoms with E-state index >= 15 is 0 Å². The zero-order valence-electron chi connectivity index (χ0n) is 18.4. The van der Waals surface area contributed by atoms with Gasteiger partial charge < -0.3 is 14.8 Å². The van der Waals surface area contributed by atoms with Gasteiger partial charge in [0.05, 0.1) is 5.56 Å². The maximum Gasteiger partial charge on any atom is 0.412 e. The number of anilines is 1. The predicted molar refractivity (Wildman–Crippen MR) is 119 cm³/mol. The van der Waals surface area contributed by atoms with Crippen molar-refractivity contribution < 1.29 is 23.9 Å². The van der Waals surface area contributed by atoms with Gasteiger partial charge in [-0.25, -0.2) is 9.59 Å². The van der Waals surface area contributed by atoms with Gasteiger partial charge in [0.2, 0.25) is 0 Å². The first-order valence-electron chi connectivity index (χ1n) is 10.2. The molecular weight excluding hydrogens is 396 g/mol. The maximum absolute atomic E-state index is 12.2. The fourth-order valence-corrected chi connectivity index (χ4v) is 2.74. The Hall–Kier alpha value is -3.35. The van der Waals surface area contributed by atoms with Gasteiger partial charge in [-0.2, -0.15) is 0 Å². The quantitative estimate of drug-likeness (QED) is 0.613. The molecule has 0 aliphatic rings. The van der Waals surface area contributed by atoms with E-state index in [1.165, 1.54) is 17.7 Å². The van der Waals surface area contributed by atoms with Gasteiger partial charge in [-0.15, -0.1) is 0 Å². The summed E-state index contributed by atoms with van der Waals surface area (Å²) in [6, 6.07) is 16.1. The largest absolute Gasteiger partial charge is 0.452 e. The molecule has 166 valence electrons. The molecule has 0 saturated carbocycles. The van der Waals surface area contributed by atoms with Gasteiger partial charge in [0.15, 0.2) is 6.61 Å². The van der Waals surface area contributed by atoms with Gasteiger partial charge in [0.1, 0.15) is 5.60 Å². The average Bonchev–Trinajstić information content (AvgIpc) is 2.70. The molecule has 0 aromatic heterocycles. The summed E-state index contributed by atoms with van der Waals surface area (Å²) in [4.78, 5) is 36.0. The lowest BCUT2D eigenvalue weighted by atomic mass is 10.1. The molecule has 2 aromatic rings. The fraction of sp³-hybridized carbons (Fsp3) is 0.375. The molecule has 0 heterocycles. The Morgan fingerprint density at radius 2 is 1.61 bits per heavy atom. The van der Waals surface area contributed by atoms with E-state index in [-0.39, 0.29) is 24.1 Å². The number of carbonyl (C=O) groups is 3. The summed E-state index contributed by atoms with van der Waals surface area (Å²) in [7, 11) is 0. The van der Waals surface area contributed by atoms with Crippen LogP contribution in [0.5, 0.6) is 0 Å². The summed E-state index contributed by atoms with van der Waals surface area (Å²) >= 11 is 0. The van der Waals surface area contributed by atoms with E-state index < -0.39 is 17.7 Å². The molecule has 7 nitrogen and oxygen atoms in total. The molecule has 2 N–H and O–H groups in total. The summed E-state index contributed by atoms with van der Waals surface area (Å²) in [6.07, 6.45) is 1.06. The van der Waals surface area contributed by atoms with Crippen LogP contribution in [0.15, 0.2) is 54.6 Å². The van der Waals surface area contributed by atoms with E-state index in [2.05, 4.69) is 10.6 Å². The highest BCUT2D eigenvalue weighted by atomic mass is 16.6. The van der Waals surface area contributed by atoms with Crippen LogP contribution in [0.2, 0.25) is 0 Å². The highest BCUT2D eigenvalue weighted by molar-refractivity contribution is 5.92. The molecule has 0 aliphatic heterocycles. The molecule has 0 spiro atoms. The SMILES string of the molecule is C[C@H](CCc1ccccc1)NC(=O)COC(=O)c1ccc(NC(=O)OC(C)(C)C)cc1. The topological polar surface area (TPSA) is 93.7 Å². The molecule has 0 bridgehead atoms. The van der Waals surface area contributed by atoms with Crippen molar-refractivity contribution in [2.75, 3.05) is 11.9 Å². The summed E-state index contributed by atoms with van der Waals surface area (Å²) in [5.41, 5.74) is 1.36. The summed E-state index contributed by atoms with van der Waals surface area (Å²) in [6.45, 7) is 6.87. The predicted octanol–water partition coefficient (Wildman–Crippen LogP) is 4.33. The number of nitrogens with one attached hydrogen (secondary N) is 2. The van der Waals surface area contributed by atoms with Crippen LogP contribution in [0.3, 0.4) is 0 Å². The van der Waals surface area contributed by atoms with E-state index in [4.69, 9.17) is 9.47 Å². The summed E-state index contributed by atoms with van der Waals surface area (Å²) < 4.78 is 10.2. The summed E-state index contributed by atoms with van der Waals surface area (Å²) in [5.74, 6) is -0.965. The van der Waals surface area contributed by atoms with E-state index in [1.54, 1.807) is 32.9 Å². The Kier molecular flexibility index (Phi) is 8.61. The minimum Gasteiger partial charge on any atom is -0.452 e. The minimum absolute atomic E-state index is 0.0374. The third-order valence-electron chi connectivity index (χ3n) is 4.22. The Bertz CT molecular complexity index is 873. The van der Waals surface area contributed by atoms with Crippen LogP contribution in [0.1, 0.15) is 50.0 Å². The standard InChI is InChI=1S/C24H30N2O5/c1-17(10-11-18-8-6-5-7-9-18)25-21(27)16-30-22(28)19-12-14-20(15-13-19)26-23(29)31-24(2,3)4/h5-9,12-15,17H,10-11,16H2,1-4H3,(H,25,27)(H,26,29)/t17-/m1/s1. The number of esters is 1. The normalized spacial score (nSPS) is 11.9. The lowest BCUT2D eigenvalue weighted by Gasteiger charge is -2.19. The van der Waals surface area contributed by atoms with Crippen molar-refractivity contribution in [2.45, 2.75) is 52.2 Å². The Balaban J connectivity index is 1.73. The van der Waals surface area contributed by atoms with Crippen LogP contribution in [-0.2, 0) is 20.7 Å². The number of rotatable bonds is 8. The maximum atomic E-state index is 12.2. The molecule has 2 aromatic carbocycles. The number of aryl methyl sites for hydroxylation is 1. The minimum atomic E-state index is -0.615. The van der Waals surface area contributed by atoms with Gasteiger partial charge in [-0.3, -0.25) is 10.1 Å².